The maximum atomic E-state index is 13.3. The quantitative estimate of drug-likeness (QED) is 0.112. The molecule has 1 aromatic rings. The Labute approximate surface area is 227 Å². The van der Waals surface area contributed by atoms with Crippen molar-refractivity contribution < 1.29 is 39.3 Å². The molecule has 0 bridgehead atoms. The van der Waals surface area contributed by atoms with E-state index in [0.29, 0.717) is 31.4 Å². The fraction of sp³-hybridized carbons (Fsp3) is 0.577. The summed E-state index contributed by atoms with van der Waals surface area (Å²) in [6.45, 7) is 3.91. The molecule has 0 aliphatic rings. The third-order valence-corrected chi connectivity index (χ3v) is 6.37. The number of phenols is 1. The SMILES string of the molecule is CCC(C)C(NC(=O)C(N)CCC(=O)O)C(=O)NC(CCCCN)C(=O)NC(Cc1ccc(O)cc1)C(=O)O. The first-order valence-electron chi connectivity index (χ1n) is 13.0. The topological polar surface area (TPSA) is 234 Å². The average molecular weight is 552 g/mol. The van der Waals surface area contributed by atoms with Crippen molar-refractivity contribution >= 4 is 29.7 Å². The molecule has 3 amide bonds. The lowest BCUT2D eigenvalue weighted by atomic mass is 9.96. The largest absolute Gasteiger partial charge is 0.508 e. The molecule has 5 atom stereocenters. The van der Waals surface area contributed by atoms with Crippen LogP contribution in [0.2, 0.25) is 0 Å². The molecule has 0 aliphatic carbocycles. The van der Waals surface area contributed by atoms with Crippen LogP contribution in [-0.2, 0) is 30.4 Å². The predicted octanol–water partition coefficient (Wildman–Crippen LogP) is -0.159. The van der Waals surface area contributed by atoms with Gasteiger partial charge in [0.2, 0.25) is 17.7 Å². The van der Waals surface area contributed by atoms with Gasteiger partial charge in [-0.25, -0.2) is 4.79 Å². The molecule has 0 radical (unpaired) electrons. The first-order chi connectivity index (χ1) is 18.4. The lowest BCUT2D eigenvalue weighted by Crippen LogP contribution is -2.58. The number of carbonyl (C=O) groups is 5. The van der Waals surface area contributed by atoms with Crippen LogP contribution < -0.4 is 27.4 Å². The van der Waals surface area contributed by atoms with Crippen molar-refractivity contribution in [3.63, 3.8) is 0 Å². The molecule has 0 aromatic heterocycles. The number of unbranched alkanes of at least 4 members (excludes halogenated alkanes) is 1. The Morgan fingerprint density at radius 1 is 0.872 bits per heavy atom. The molecule has 13 nitrogen and oxygen atoms in total. The second-order valence-electron chi connectivity index (χ2n) is 9.53. The summed E-state index contributed by atoms with van der Waals surface area (Å²) >= 11 is 0. The first kappa shape index (κ1) is 33.3. The van der Waals surface area contributed by atoms with Crippen LogP contribution in [0.4, 0.5) is 0 Å². The van der Waals surface area contributed by atoms with Gasteiger partial charge in [0.1, 0.15) is 23.9 Å². The summed E-state index contributed by atoms with van der Waals surface area (Å²) in [4.78, 5) is 61.6. The Balaban J connectivity index is 3.03. The second-order valence-corrected chi connectivity index (χ2v) is 9.53. The summed E-state index contributed by atoms with van der Waals surface area (Å²) in [7, 11) is 0. The fourth-order valence-corrected chi connectivity index (χ4v) is 3.74. The van der Waals surface area contributed by atoms with Crippen LogP contribution in [0.3, 0.4) is 0 Å². The van der Waals surface area contributed by atoms with Gasteiger partial charge in [0.05, 0.1) is 6.04 Å². The molecule has 13 heteroatoms. The van der Waals surface area contributed by atoms with Gasteiger partial charge >= 0.3 is 11.9 Å². The monoisotopic (exact) mass is 551 g/mol. The number of phenolic OH excluding ortho intramolecular Hbond substituents is 1. The molecule has 0 saturated heterocycles. The third-order valence-electron chi connectivity index (χ3n) is 6.37. The van der Waals surface area contributed by atoms with Gasteiger partial charge in [0.25, 0.3) is 0 Å². The number of carboxylic acid groups (broad SMARTS) is 2. The van der Waals surface area contributed by atoms with Crippen LogP contribution in [0.1, 0.15) is 57.9 Å². The van der Waals surface area contributed by atoms with E-state index in [2.05, 4.69) is 16.0 Å². The number of hydrogen-bond acceptors (Lipinski definition) is 8. The van der Waals surface area contributed by atoms with Crippen LogP contribution in [0, 0.1) is 5.92 Å². The van der Waals surface area contributed by atoms with Crippen LogP contribution in [-0.4, -0.2) is 75.7 Å². The average Bonchev–Trinajstić information content (AvgIpc) is 2.89. The fourth-order valence-electron chi connectivity index (χ4n) is 3.74. The van der Waals surface area contributed by atoms with Gasteiger partial charge in [0, 0.05) is 12.8 Å². The number of aliphatic carboxylic acids is 2. The zero-order chi connectivity index (χ0) is 29.5. The first-order valence-corrected chi connectivity index (χ1v) is 13.0. The molecule has 39 heavy (non-hydrogen) atoms. The highest BCUT2D eigenvalue weighted by molar-refractivity contribution is 5.94. The highest BCUT2D eigenvalue weighted by Gasteiger charge is 2.32. The Bertz CT molecular complexity index is 972. The lowest BCUT2D eigenvalue weighted by Gasteiger charge is -2.28. The van der Waals surface area contributed by atoms with Gasteiger partial charge in [-0.2, -0.15) is 0 Å². The summed E-state index contributed by atoms with van der Waals surface area (Å²) in [5.74, 6) is -4.77. The number of rotatable bonds is 18. The number of nitrogens with one attached hydrogen (secondary N) is 3. The van der Waals surface area contributed by atoms with Gasteiger partial charge in [-0.1, -0.05) is 32.4 Å². The van der Waals surface area contributed by atoms with Gasteiger partial charge < -0.3 is 42.7 Å². The third kappa shape index (κ3) is 12.1. The maximum Gasteiger partial charge on any atom is 0.326 e. The van der Waals surface area contributed by atoms with Crippen LogP contribution in [0.5, 0.6) is 5.75 Å². The Hall–Kier alpha value is -3.71. The number of benzene rings is 1. The number of aromatic hydroxyl groups is 1. The number of hydrogen-bond donors (Lipinski definition) is 8. The highest BCUT2D eigenvalue weighted by atomic mass is 16.4. The van der Waals surface area contributed by atoms with Gasteiger partial charge in [-0.05, 0) is 55.8 Å². The maximum absolute atomic E-state index is 13.3. The van der Waals surface area contributed by atoms with E-state index in [9.17, 15) is 34.2 Å². The van der Waals surface area contributed by atoms with Crippen LogP contribution in [0.25, 0.3) is 0 Å². The number of carboxylic acids is 2. The highest BCUT2D eigenvalue weighted by Crippen LogP contribution is 2.13. The molecule has 0 heterocycles. The zero-order valence-electron chi connectivity index (χ0n) is 22.4. The van der Waals surface area contributed by atoms with Crippen molar-refractivity contribution in [2.24, 2.45) is 17.4 Å². The molecule has 1 aromatic carbocycles. The minimum atomic E-state index is -1.30. The van der Waals surface area contributed by atoms with Crippen molar-refractivity contribution in [1.82, 2.24) is 16.0 Å². The second kappa shape index (κ2) is 17.0. The molecule has 0 fully saturated rings. The Morgan fingerprint density at radius 2 is 1.49 bits per heavy atom. The van der Waals surface area contributed by atoms with Crippen molar-refractivity contribution in [1.29, 1.82) is 0 Å². The summed E-state index contributed by atoms with van der Waals surface area (Å²) in [5.41, 5.74) is 11.9. The van der Waals surface area contributed by atoms with Gasteiger partial charge in [-0.15, -0.1) is 0 Å². The number of nitrogens with two attached hydrogens (primary N) is 2. The van der Waals surface area contributed by atoms with E-state index in [0.717, 1.165) is 0 Å². The molecule has 10 N–H and O–H groups in total. The number of amides is 3. The molecule has 218 valence electrons. The minimum Gasteiger partial charge on any atom is -0.508 e. The van der Waals surface area contributed by atoms with E-state index >= 15 is 0 Å². The van der Waals surface area contributed by atoms with Crippen molar-refractivity contribution in [3.05, 3.63) is 29.8 Å². The van der Waals surface area contributed by atoms with Crippen molar-refractivity contribution in [3.8, 4) is 5.75 Å². The van der Waals surface area contributed by atoms with E-state index in [-0.39, 0.29) is 37.4 Å². The lowest BCUT2D eigenvalue weighted by molar-refractivity contribution is -0.142. The normalized spacial score (nSPS) is 14.8. The predicted molar refractivity (Wildman–Crippen MR) is 142 cm³/mol. The van der Waals surface area contributed by atoms with Gasteiger partial charge in [-0.3, -0.25) is 19.2 Å². The summed E-state index contributed by atoms with van der Waals surface area (Å²) in [6, 6.07) is 1.29. The Kier molecular flexibility index (Phi) is 14.5. The molecule has 0 saturated carbocycles. The smallest absolute Gasteiger partial charge is 0.326 e. The molecule has 5 unspecified atom stereocenters. The Morgan fingerprint density at radius 3 is 2.03 bits per heavy atom. The van der Waals surface area contributed by atoms with Crippen LogP contribution in [0.15, 0.2) is 24.3 Å². The standard InChI is InChI=1S/C26H41N5O8/c1-3-15(2)22(31-23(35)18(28)11-12-21(33)34)25(37)29-19(6-4-5-13-27)24(36)30-20(26(38)39)14-16-7-9-17(32)10-8-16/h7-10,15,18-20,22,32H,3-6,11-14,27-28H2,1-2H3,(H,29,37)(H,30,36)(H,31,35)(H,33,34)(H,38,39). The molecule has 1 rings (SSSR count). The molecular weight excluding hydrogens is 510 g/mol. The van der Waals surface area contributed by atoms with E-state index < -0.39 is 53.8 Å². The molecular formula is C26H41N5O8. The zero-order valence-corrected chi connectivity index (χ0v) is 22.4. The van der Waals surface area contributed by atoms with E-state index in [1.807, 2.05) is 6.92 Å². The summed E-state index contributed by atoms with van der Waals surface area (Å²) < 4.78 is 0. The molecule has 0 spiro atoms. The van der Waals surface area contributed by atoms with Gasteiger partial charge in [0.15, 0.2) is 0 Å². The minimum absolute atomic E-state index is 0.0168. The number of carbonyl (C=O) groups excluding carboxylic acids is 3. The molecule has 0 aliphatic heterocycles. The van der Waals surface area contributed by atoms with E-state index in [1.165, 1.54) is 12.1 Å². The van der Waals surface area contributed by atoms with Crippen LogP contribution >= 0.6 is 0 Å². The van der Waals surface area contributed by atoms with E-state index in [1.54, 1.807) is 19.1 Å². The van der Waals surface area contributed by atoms with Crippen molar-refractivity contribution in [2.75, 3.05) is 6.54 Å². The summed E-state index contributed by atoms with van der Waals surface area (Å²) in [5, 5.41) is 35.6. The van der Waals surface area contributed by atoms with E-state index in [4.69, 9.17) is 16.6 Å². The summed E-state index contributed by atoms with van der Waals surface area (Å²) in [6.07, 6.45) is 1.25. The van der Waals surface area contributed by atoms with Crippen molar-refractivity contribution in [2.45, 2.75) is 83.0 Å².